The van der Waals surface area contributed by atoms with Gasteiger partial charge in [-0.15, -0.1) is 0 Å². The Kier molecular flexibility index (Phi) is 5.60. The van der Waals surface area contributed by atoms with E-state index >= 15 is 0 Å². The number of benzene rings is 1. The topological polar surface area (TPSA) is 33.2 Å². The second kappa shape index (κ2) is 7.22. The third-order valence-corrected chi connectivity index (χ3v) is 4.71. The predicted molar refractivity (Wildman–Crippen MR) is 111 cm³/mol. The van der Waals surface area contributed by atoms with Gasteiger partial charge in [-0.1, -0.05) is 47.6 Å². The maximum atomic E-state index is 11.5. The molecule has 2 rings (SSSR count). The Labute approximate surface area is 158 Å². The summed E-state index contributed by atoms with van der Waals surface area (Å²) in [5, 5.41) is 0. The van der Waals surface area contributed by atoms with E-state index in [9.17, 15) is 4.79 Å². The van der Waals surface area contributed by atoms with Crippen molar-refractivity contribution >= 4 is 17.3 Å². The molecule has 26 heavy (non-hydrogen) atoms. The predicted octanol–water partition coefficient (Wildman–Crippen LogP) is 6.04. The summed E-state index contributed by atoms with van der Waals surface area (Å²) in [7, 11) is 0. The molecule has 3 nitrogen and oxygen atoms in total. The third kappa shape index (κ3) is 4.51. The molecule has 0 aliphatic rings. The molecule has 2 aromatic rings. The minimum Gasteiger partial charge on any atom is -0.327 e. The fourth-order valence-corrected chi connectivity index (χ4v) is 2.86. The van der Waals surface area contributed by atoms with Crippen LogP contribution < -0.4 is 4.90 Å². The lowest BCUT2D eigenvalue weighted by Crippen LogP contribution is -2.22. The van der Waals surface area contributed by atoms with Gasteiger partial charge in [-0.05, 0) is 60.1 Å². The van der Waals surface area contributed by atoms with Crippen LogP contribution in [0.2, 0.25) is 0 Å². The number of ketones is 1. The molecular weight excluding hydrogens is 320 g/mol. The zero-order valence-electron chi connectivity index (χ0n) is 17.5. The van der Waals surface area contributed by atoms with Crippen LogP contribution in [0.4, 0.5) is 11.5 Å². The fourth-order valence-electron chi connectivity index (χ4n) is 2.86. The largest absolute Gasteiger partial charge is 0.327 e. The molecule has 0 saturated carbocycles. The van der Waals surface area contributed by atoms with Crippen LogP contribution in [0.15, 0.2) is 36.5 Å². The first-order valence-electron chi connectivity index (χ1n) is 9.34. The molecule has 0 N–H and O–H groups in total. The molecule has 1 aromatic carbocycles. The second-order valence-corrected chi connectivity index (χ2v) is 8.97. The van der Waals surface area contributed by atoms with E-state index < -0.39 is 0 Å². The molecule has 0 saturated heterocycles. The first-order chi connectivity index (χ1) is 11.9. The molecule has 0 amide bonds. The van der Waals surface area contributed by atoms with Gasteiger partial charge in [-0.2, -0.15) is 0 Å². The molecule has 0 fully saturated rings. The lowest BCUT2D eigenvalue weighted by atomic mass is 9.80. The zero-order chi connectivity index (χ0) is 19.7. The fraction of sp³-hybridized carbons (Fsp3) is 0.478. The highest BCUT2D eigenvalue weighted by Gasteiger charge is 2.22. The van der Waals surface area contributed by atoms with Crippen LogP contribution in [0.3, 0.4) is 0 Å². The molecule has 140 valence electrons. The molecule has 1 heterocycles. The van der Waals surface area contributed by atoms with Crippen LogP contribution in [0, 0.1) is 0 Å². The number of rotatable bonds is 4. The van der Waals surface area contributed by atoms with E-state index in [4.69, 9.17) is 0 Å². The van der Waals surface area contributed by atoms with E-state index in [2.05, 4.69) is 76.5 Å². The molecular formula is C23H32N2O. The van der Waals surface area contributed by atoms with E-state index in [0.29, 0.717) is 5.56 Å². The summed E-state index contributed by atoms with van der Waals surface area (Å²) in [6, 6.07) is 10.6. The maximum Gasteiger partial charge on any atom is 0.161 e. The summed E-state index contributed by atoms with van der Waals surface area (Å²) < 4.78 is 0. The smallest absolute Gasteiger partial charge is 0.161 e. The van der Waals surface area contributed by atoms with Gasteiger partial charge in [0.05, 0.1) is 0 Å². The van der Waals surface area contributed by atoms with Crippen molar-refractivity contribution in [3.05, 3.63) is 53.2 Å². The minimum atomic E-state index is 0.0387. The monoisotopic (exact) mass is 352 g/mol. The Balaban J connectivity index is 2.57. The van der Waals surface area contributed by atoms with E-state index in [1.54, 1.807) is 13.1 Å². The highest BCUT2D eigenvalue weighted by Crippen LogP contribution is 2.35. The molecule has 0 spiro atoms. The van der Waals surface area contributed by atoms with Gasteiger partial charge in [0.2, 0.25) is 0 Å². The molecule has 0 bridgehead atoms. The first-order valence-corrected chi connectivity index (χ1v) is 9.34. The van der Waals surface area contributed by atoms with Gasteiger partial charge in [0.25, 0.3) is 0 Å². The van der Waals surface area contributed by atoms with Crippen molar-refractivity contribution < 1.29 is 4.79 Å². The van der Waals surface area contributed by atoms with Crippen molar-refractivity contribution in [2.75, 3.05) is 11.4 Å². The quantitative estimate of drug-likeness (QED) is 0.629. The maximum absolute atomic E-state index is 11.5. The Morgan fingerprint density at radius 2 is 1.50 bits per heavy atom. The zero-order valence-corrected chi connectivity index (χ0v) is 17.5. The summed E-state index contributed by atoms with van der Waals surface area (Å²) in [6.07, 6.45) is 1.67. The molecule has 0 atom stereocenters. The summed E-state index contributed by atoms with van der Waals surface area (Å²) in [4.78, 5) is 18.3. The van der Waals surface area contributed by atoms with Crippen molar-refractivity contribution in [3.8, 4) is 0 Å². The molecule has 0 radical (unpaired) electrons. The standard InChI is InChI=1S/C23H32N2O/c1-9-25(21-11-10-17(15-24-21)16(2)26)20-13-18(22(3,4)5)12-19(14-20)23(6,7)8/h10-15H,9H2,1-8H3. The van der Waals surface area contributed by atoms with E-state index in [0.717, 1.165) is 18.1 Å². The second-order valence-electron chi connectivity index (χ2n) is 8.97. The van der Waals surface area contributed by atoms with E-state index in [-0.39, 0.29) is 16.6 Å². The number of Topliss-reactive ketones (excluding diaryl/α,β-unsaturated/α-hetero) is 1. The van der Waals surface area contributed by atoms with Crippen molar-refractivity contribution in [3.63, 3.8) is 0 Å². The summed E-state index contributed by atoms with van der Waals surface area (Å²) in [5.41, 5.74) is 4.57. The first kappa shape index (κ1) is 20.2. The highest BCUT2D eigenvalue weighted by atomic mass is 16.1. The summed E-state index contributed by atoms with van der Waals surface area (Å²) in [6.45, 7) is 18.0. The van der Waals surface area contributed by atoms with E-state index in [1.165, 1.54) is 11.1 Å². The van der Waals surface area contributed by atoms with Gasteiger partial charge in [0.1, 0.15) is 5.82 Å². The number of aromatic nitrogens is 1. The SMILES string of the molecule is CCN(c1cc(C(C)(C)C)cc(C(C)(C)C)c1)c1ccc(C(C)=O)cn1. The van der Waals surface area contributed by atoms with Gasteiger partial charge in [-0.25, -0.2) is 4.98 Å². The number of pyridine rings is 1. The molecule has 3 heteroatoms. The van der Waals surface area contributed by atoms with Crippen molar-refractivity contribution in [2.24, 2.45) is 0 Å². The normalized spacial score (nSPS) is 12.2. The molecule has 1 aromatic heterocycles. The number of anilines is 2. The van der Waals surface area contributed by atoms with Gasteiger partial charge in [0, 0.05) is 24.0 Å². The number of carbonyl (C=O) groups is 1. The average molecular weight is 353 g/mol. The van der Waals surface area contributed by atoms with Crippen molar-refractivity contribution in [1.82, 2.24) is 4.98 Å². The van der Waals surface area contributed by atoms with Gasteiger partial charge < -0.3 is 4.90 Å². The van der Waals surface area contributed by atoms with Crippen molar-refractivity contribution in [2.45, 2.75) is 66.2 Å². The highest BCUT2D eigenvalue weighted by molar-refractivity contribution is 5.93. The van der Waals surface area contributed by atoms with Crippen LogP contribution >= 0.6 is 0 Å². The Bertz CT molecular complexity index is 745. The van der Waals surface area contributed by atoms with E-state index in [1.807, 2.05) is 12.1 Å². The number of hydrogen-bond donors (Lipinski definition) is 0. The van der Waals surface area contributed by atoms with Gasteiger partial charge in [0.15, 0.2) is 5.78 Å². The number of nitrogens with zero attached hydrogens (tertiary/aromatic N) is 2. The Hall–Kier alpha value is -2.16. The van der Waals surface area contributed by atoms with Gasteiger partial charge in [-0.3, -0.25) is 4.79 Å². The summed E-state index contributed by atoms with van der Waals surface area (Å²) in [5.74, 6) is 0.903. The third-order valence-electron chi connectivity index (χ3n) is 4.71. The van der Waals surface area contributed by atoms with Crippen LogP contribution in [0.5, 0.6) is 0 Å². The lowest BCUT2D eigenvalue weighted by molar-refractivity contribution is 0.101. The number of carbonyl (C=O) groups excluding carboxylic acids is 1. The molecule has 0 unspecified atom stereocenters. The van der Waals surface area contributed by atoms with Gasteiger partial charge >= 0.3 is 0 Å². The Morgan fingerprint density at radius 3 is 1.85 bits per heavy atom. The van der Waals surface area contributed by atoms with Crippen LogP contribution in [-0.4, -0.2) is 17.3 Å². The van der Waals surface area contributed by atoms with Crippen LogP contribution in [-0.2, 0) is 10.8 Å². The minimum absolute atomic E-state index is 0.0387. The number of hydrogen-bond acceptors (Lipinski definition) is 3. The van der Waals surface area contributed by atoms with Crippen molar-refractivity contribution in [1.29, 1.82) is 0 Å². The average Bonchev–Trinajstić information content (AvgIpc) is 2.54. The summed E-state index contributed by atoms with van der Waals surface area (Å²) >= 11 is 0. The lowest BCUT2D eigenvalue weighted by Gasteiger charge is -2.30. The molecule has 0 aliphatic heterocycles. The Morgan fingerprint density at radius 1 is 0.962 bits per heavy atom. The van der Waals surface area contributed by atoms with Crippen LogP contribution in [0.1, 0.15) is 76.9 Å². The van der Waals surface area contributed by atoms with Crippen LogP contribution in [0.25, 0.3) is 0 Å². The molecule has 0 aliphatic carbocycles.